The third-order valence-electron chi connectivity index (χ3n) is 7.55. The monoisotopic (exact) mass is 487 g/mol. The Morgan fingerprint density at radius 3 is 2.56 bits per heavy atom. The first-order chi connectivity index (χ1) is 16.0. The Bertz CT molecular complexity index is 1310. The largest absolute Gasteiger partial charge is 0.351 e. The van der Waals surface area contributed by atoms with E-state index in [-0.39, 0.29) is 34.4 Å². The zero-order chi connectivity index (χ0) is 24.8. The van der Waals surface area contributed by atoms with Gasteiger partial charge in [0.05, 0.1) is 11.8 Å². The van der Waals surface area contributed by atoms with E-state index in [0.717, 1.165) is 19.3 Å². The van der Waals surface area contributed by atoms with Gasteiger partial charge in [-0.25, -0.2) is 17.7 Å². The van der Waals surface area contributed by atoms with Crippen LogP contribution in [0.4, 0.5) is 5.95 Å². The molecule has 0 amide bonds. The summed E-state index contributed by atoms with van der Waals surface area (Å²) in [6.07, 6.45) is 8.76. The van der Waals surface area contributed by atoms with E-state index in [1.165, 1.54) is 17.5 Å². The number of rotatable bonds is 6. The Morgan fingerprint density at radius 1 is 1.29 bits per heavy atom. The quantitative estimate of drug-likeness (QED) is 0.492. The lowest BCUT2D eigenvalue weighted by atomic mass is 9.84. The molecular weight excluding hydrogens is 454 g/mol. The predicted octanol–water partition coefficient (Wildman–Crippen LogP) is 3.06. The molecule has 1 aliphatic heterocycles. The molecule has 4 rings (SSSR count). The minimum absolute atomic E-state index is 0.0260. The van der Waals surface area contributed by atoms with Gasteiger partial charge in [-0.05, 0) is 45.1 Å². The Labute approximate surface area is 200 Å². The summed E-state index contributed by atoms with van der Waals surface area (Å²) in [6, 6.07) is -0.127. The number of Topliss-reactive ketones (excluding diaryl/α,β-unsaturated/α-hetero) is 1. The van der Waals surface area contributed by atoms with Gasteiger partial charge in [-0.1, -0.05) is 19.4 Å². The van der Waals surface area contributed by atoms with E-state index in [4.69, 9.17) is 4.98 Å². The third kappa shape index (κ3) is 4.29. The van der Waals surface area contributed by atoms with Gasteiger partial charge in [0.25, 0.3) is 5.56 Å². The molecule has 0 unspecified atom stereocenters. The van der Waals surface area contributed by atoms with Crippen LogP contribution in [0.2, 0.25) is 0 Å². The maximum atomic E-state index is 13.6. The van der Waals surface area contributed by atoms with Crippen LogP contribution < -0.4 is 10.9 Å². The van der Waals surface area contributed by atoms with Crippen LogP contribution in [0.15, 0.2) is 23.6 Å². The molecule has 2 fully saturated rings. The minimum atomic E-state index is -3.20. The number of hydrogen-bond acceptors (Lipinski definition) is 7. The molecule has 34 heavy (non-hydrogen) atoms. The van der Waals surface area contributed by atoms with Crippen molar-refractivity contribution in [1.29, 1.82) is 0 Å². The lowest BCUT2D eigenvalue weighted by Crippen LogP contribution is -2.42. The van der Waals surface area contributed by atoms with E-state index < -0.39 is 10.0 Å². The van der Waals surface area contributed by atoms with Crippen molar-refractivity contribution in [3.05, 3.63) is 40.3 Å². The smallest absolute Gasteiger partial charge is 0.263 e. The number of anilines is 1. The van der Waals surface area contributed by atoms with E-state index in [1.54, 1.807) is 17.7 Å². The molecule has 1 saturated carbocycles. The van der Waals surface area contributed by atoms with Crippen LogP contribution in [-0.2, 0) is 10.0 Å². The number of fused-ring (bicyclic) bond motifs is 1. The molecule has 1 N–H and O–H groups in total. The molecule has 0 spiro atoms. The zero-order valence-electron chi connectivity index (χ0n) is 20.3. The average molecular weight is 488 g/mol. The van der Waals surface area contributed by atoms with Gasteiger partial charge in [0.2, 0.25) is 16.0 Å². The summed E-state index contributed by atoms with van der Waals surface area (Å²) in [5.74, 6) is 0.128. The van der Waals surface area contributed by atoms with E-state index in [0.29, 0.717) is 48.5 Å². The van der Waals surface area contributed by atoms with Crippen LogP contribution in [0.3, 0.4) is 0 Å². The summed E-state index contributed by atoms with van der Waals surface area (Å²) < 4.78 is 26.8. The number of aryl methyl sites for hydroxylation is 1. The fraction of sp³-hybridized carbons (Fsp3) is 0.583. The number of ketones is 1. The van der Waals surface area contributed by atoms with Crippen LogP contribution in [-0.4, -0.2) is 58.4 Å². The number of aromatic nitrogens is 3. The Kier molecular flexibility index (Phi) is 6.41. The van der Waals surface area contributed by atoms with Gasteiger partial charge < -0.3 is 5.32 Å². The van der Waals surface area contributed by atoms with Gasteiger partial charge in [0.1, 0.15) is 5.65 Å². The van der Waals surface area contributed by atoms with Gasteiger partial charge in [-0.2, -0.15) is 4.98 Å². The summed E-state index contributed by atoms with van der Waals surface area (Å²) in [7, 11) is -3.20. The van der Waals surface area contributed by atoms with Crippen molar-refractivity contribution in [3.63, 3.8) is 0 Å². The molecule has 0 aromatic carbocycles. The standard InChI is InChI=1S/C24H33N5O4S/c1-6-24(4)11-7-8-19(24)29-21-18(15(2)20(16(3)30)22(29)31)14-25-23(27-21)26-17-9-12-28(13-10-17)34(5,32)33/h6,14,17,19H,1,7-13H2,2-5H3,(H,25,26,27)/t19-,24-/m1/s1. The molecule has 10 heteroatoms. The second-order valence-electron chi connectivity index (χ2n) is 9.86. The van der Waals surface area contributed by atoms with Crippen molar-refractivity contribution in [2.75, 3.05) is 24.7 Å². The maximum Gasteiger partial charge on any atom is 0.263 e. The molecule has 2 aliphatic rings. The number of allylic oxidation sites excluding steroid dienone is 1. The van der Waals surface area contributed by atoms with Crippen LogP contribution in [0.5, 0.6) is 0 Å². The fourth-order valence-corrected chi connectivity index (χ4v) is 6.33. The number of nitrogens with zero attached hydrogens (tertiary/aromatic N) is 4. The number of hydrogen-bond donors (Lipinski definition) is 1. The SMILES string of the molecule is C=C[C@]1(C)CCC[C@H]1n1c(=O)c(C(C)=O)c(C)c2cnc(NC3CCN(S(C)(=O)=O)CC3)nc21. The van der Waals surface area contributed by atoms with Gasteiger partial charge in [-0.15, -0.1) is 6.58 Å². The van der Waals surface area contributed by atoms with Crippen molar-refractivity contribution in [1.82, 2.24) is 18.8 Å². The van der Waals surface area contributed by atoms with E-state index in [2.05, 4.69) is 23.8 Å². The summed E-state index contributed by atoms with van der Waals surface area (Å²) in [6.45, 7) is 10.2. The first-order valence-electron chi connectivity index (χ1n) is 11.7. The van der Waals surface area contributed by atoms with Gasteiger partial charge in [0, 0.05) is 42.2 Å². The van der Waals surface area contributed by atoms with Crippen LogP contribution in [0.25, 0.3) is 11.0 Å². The van der Waals surface area contributed by atoms with E-state index in [9.17, 15) is 18.0 Å². The highest BCUT2D eigenvalue weighted by Crippen LogP contribution is 2.47. The molecular formula is C24H33N5O4S. The molecule has 9 nitrogen and oxygen atoms in total. The van der Waals surface area contributed by atoms with E-state index in [1.807, 2.05) is 6.08 Å². The minimum Gasteiger partial charge on any atom is -0.351 e. The van der Waals surface area contributed by atoms with Crippen molar-refractivity contribution in [3.8, 4) is 0 Å². The number of pyridine rings is 1. The average Bonchev–Trinajstić information content (AvgIpc) is 3.15. The Morgan fingerprint density at radius 2 is 1.97 bits per heavy atom. The molecule has 2 aromatic heterocycles. The van der Waals surface area contributed by atoms with Crippen molar-refractivity contribution in [2.45, 2.75) is 65.0 Å². The summed E-state index contributed by atoms with van der Waals surface area (Å²) in [5.41, 5.74) is 0.692. The number of sulfonamides is 1. The molecule has 3 heterocycles. The second kappa shape index (κ2) is 8.88. The fourth-order valence-electron chi connectivity index (χ4n) is 5.46. The highest BCUT2D eigenvalue weighted by Gasteiger charge is 2.40. The molecule has 1 saturated heterocycles. The van der Waals surface area contributed by atoms with Gasteiger partial charge >= 0.3 is 0 Å². The highest BCUT2D eigenvalue weighted by atomic mass is 32.2. The van der Waals surface area contributed by atoms with Crippen molar-refractivity contribution >= 4 is 32.8 Å². The predicted molar refractivity (Wildman–Crippen MR) is 133 cm³/mol. The maximum absolute atomic E-state index is 13.6. The molecule has 0 radical (unpaired) electrons. The molecule has 1 aliphatic carbocycles. The summed E-state index contributed by atoms with van der Waals surface area (Å²) in [5, 5.41) is 4.01. The topological polar surface area (TPSA) is 114 Å². The summed E-state index contributed by atoms with van der Waals surface area (Å²) >= 11 is 0. The molecule has 184 valence electrons. The lowest BCUT2D eigenvalue weighted by Gasteiger charge is -2.32. The highest BCUT2D eigenvalue weighted by molar-refractivity contribution is 7.88. The van der Waals surface area contributed by atoms with Crippen LogP contribution >= 0.6 is 0 Å². The molecule has 0 bridgehead atoms. The summed E-state index contributed by atoms with van der Waals surface area (Å²) in [4.78, 5) is 35.3. The Hall–Kier alpha value is -2.59. The normalized spacial score (nSPS) is 24.4. The van der Waals surface area contributed by atoms with Gasteiger partial charge in [0.15, 0.2) is 5.78 Å². The zero-order valence-corrected chi connectivity index (χ0v) is 21.1. The van der Waals surface area contributed by atoms with E-state index >= 15 is 0 Å². The molecule has 2 atom stereocenters. The first kappa shape index (κ1) is 24.5. The van der Waals surface area contributed by atoms with Crippen molar-refractivity contribution < 1.29 is 13.2 Å². The van der Waals surface area contributed by atoms with Crippen LogP contribution in [0.1, 0.15) is 67.9 Å². The first-order valence-corrected chi connectivity index (χ1v) is 13.6. The number of carbonyl (C=O) groups is 1. The third-order valence-corrected chi connectivity index (χ3v) is 8.85. The van der Waals surface area contributed by atoms with Crippen LogP contribution in [0, 0.1) is 12.3 Å². The van der Waals surface area contributed by atoms with Crippen molar-refractivity contribution in [2.24, 2.45) is 5.41 Å². The molecule has 2 aromatic rings. The number of carbonyl (C=O) groups excluding carboxylic acids is 1. The lowest BCUT2D eigenvalue weighted by molar-refractivity contribution is 0.101. The number of piperidine rings is 1. The second-order valence-corrected chi connectivity index (χ2v) is 11.8. The number of nitrogens with one attached hydrogen (secondary N) is 1. The van der Waals surface area contributed by atoms with Gasteiger partial charge in [-0.3, -0.25) is 14.2 Å². The Balaban J connectivity index is 1.77.